The number of anilines is 1. The molecule has 0 spiro atoms. The van der Waals surface area contributed by atoms with Gasteiger partial charge in [-0.3, -0.25) is 4.90 Å². The van der Waals surface area contributed by atoms with Crippen molar-refractivity contribution in [2.24, 2.45) is 12.8 Å². The molecule has 0 aliphatic rings. The molecule has 30 heavy (non-hydrogen) atoms. The second kappa shape index (κ2) is 7.55. The molecule has 0 radical (unpaired) electrons. The number of primary amides is 1. The number of hydrogen-bond acceptors (Lipinski definition) is 4. The minimum absolute atomic E-state index is 0.308. The Kier molecular flexibility index (Phi) is 4.91. The summed E-state index contributed by atoms with van der Waals surface area (Å²) in [6.07, 6.45) is 1.61. The van der Waals surface area contributed by atoms with Crippen molar-refractivity contribution in [3.8, 4) is 11.4 Å². The van der Waals surface area contributed by atoms with Gasteiger partial charge in [0.15, 0.2) is 22.8 Å². The van der Waals surface area contributed by atoms with Crippen molar-refractivity contribution in [2.45, 2.75) is 19.9 Å². The summed E-state index contributed by atoms with van der Waals surface area (Å²) in [6, 6.07) is 12.9. The van der Waals surface area contributed by atoms with Gasteiger partial charge in [0.2, 0.25) is 0 Å². The third kappa shape index (κ3) is 3.36. The summed E-state index contributed by atoms with van der Waals surface area (Å²) in [4.78, 5) is 27.6. The average Bonchev–Trinajstić information content (AvgIpc) is 3.09. The molecular weight excluding hydrogens is 383 g/mol. The lowest BCUT2D eigenvalue weighted by Gasteiger charge is -2.27. The van der Waals surface area contributed by atoms with E-state index in [1.165, 1.54) is 17.0 Å². The van der Waals surface area contributed by atoms with Gasteiger partial charge >= 0.3 is 6.03 Å². The number of hydrogen-bond donors (Lipinski definition) is 1. The summed E-state index contributed by atoms with van der Waals surface area (Å²) in [5.41, 5.74) is 9.04. The molecule has 0 aliphatic carbocycles. The first-order chi connectivity index (χ1) is 14.4. The summed E-state index contributed by atoms with van der Waals surface area (Å²) in [5.74, 6) is 0.336. The summed E-state index contributed by atoms with van der Waals surface area (Å²) in [6.45, 7) is 3.66. The standard InChI is InChI=1S/C22H21FN6O/c1-13-11-16(23)9-10-17(13)19-26-20-18(25-12-28(20)3)21(27-19)29(22(24)30)14(2)15-7-5-4-6-8-15/h4-12,14H,1-3H3,(H2,24,30). The van der Waals surface area contributed by atoms with E-state index in [0.717, 1.165) is 5.56 Å². The molecule has 1 unspecified atom stereocenters. The SMILES string of the molecule is Cc1cc(F)ccc1-c1nc(N(C(N)=O)C(C)c2ccccc2)c2ncn(C)c2n1. The van der Waals surface area contributed by atoms with Crippen LogP contribution in [0.15, 0.2) is 54.9 Å². The van der Waals surface area contributed by atoms with Gasteiger partial charge in [0.25, 0.3) is 0 Å². The van der Waals surface area contributed by atoms with E-state index in [0.29, 0.717) is 33.9 Å². The molecule has 4 aromatic rings. The Morgan fingerprint density at radius 2 is 1.90 bits per heavy atom. The van der Waals surface area contributed by atoms with Gasteiger partial charge in [-0.1, -0.05) is 30.3 Å². The number of imidazole rings is 1. The molecule has 0 fully saturated rings. The third-order valence-corrected chi connectivity index (χ3v) is 5.11. The number of rotatable bonds is 4. The van der Waals surface area contributed by atoms with Gasteiger partial charge in [-0.25, -0.2) is 24.1 Å². The Morgan fingerprint density at radius 3 is 2.57 bits per heavy atom. The zero-order valence-corrected chi connectivity index (χ0v) is 16.9. The highest BCUT2D eigenvalue weighted by molar-refractivity contribution is 5.98. The van der Waals surface area contributed by atoms with Crippen LogP contribution in [-0.2, 0) is 7.05 Å². The Balaban J connectivity index is 1.95. The van der Waals surface area contributed by atoms with E-state index in [1.807, 2.05) is 44.3 Å². The van der Waals surface area contributed by atoms with Crippen LogP contribution in [0, 0.1) is 12.7 Å². The molecule has 2 N–H and O–H groups in total. The van der Waals surface area contributed by atoms with Crippen molar-refractivity contribution in [3.63, 3.8) is 0 Å². The number of halogens is 1. The van der Waals surface area contributed by atoms with Crippen LogP contribution < -0.4 is 10.6 Å². The number of aryl methyl sites for hydroxylation is 2. The molecule has 2 aromatic heterocycles. The van der Waals surface area contributed by atoms with Crippen LogP contribution in [0.2, 0.25) is 0 Å². The molecule has 152 valence electrons. The average molecular weight is 404 g/mol. The van der Waals surface area contributed by atoms with Crippen molar-refractivity contribution in [3.05, 3.63) is 71.8 Å². The number of nitrogens with two attached hydrogens (primary N) is 1. The fraction of sp³-hybridized carbons (Fsp3) is 0.182. The highest BCUT2D eigenvalue weighted by Gasteiger charge is 2.27. The van der Waals surface area contributed by atoms with Crippen molar-refractivity contribution < 1.29 is 9.18 Å². The second-order valence-electron chi connectivity index (χ2n) is 7.15. The molecule has 7 nitrogen and oxygen atoms in total. The summed E-state index contributed by atoms with van der Waals surface area (Å²) < 4.78 is 15.4. The van der Waals surface area contributed by atoms with Crippen molar-refractivity contribution in [2.75, 3.05) is 4.90 Å². The minimum Gasteiger partial charge on any atom is -0.351 e. The third-order valence-electron chi connectivity index (χ3n) is 5.11. The number of carbonyl (C=O) groups is 1. The van der Waals surface area contributed by atoms with Crippen molar-refractivity contribution in [1.29, 1.82) is 0 Å². The first kappa shape index (κ1) is 19.5. The first-order valence-electron chi connectivity index (χ1n) is 9.46. The lowest BCUT2D eigenvalue weighted by atomic mass is 10.1. The zero-order valence-electron chi connectivity index (χ0n) is 16.9. The van der Waals surface area contributed by atoms with E-state index >= 15 is 0 Å². The Labute approximate surface area is 173 Å². The Morgan fingerprint density at radius 1 is 1.17 bits per heavy atom. The van der Waals surface area contributed by atoms with Crippen LogP contribution >= 0.6 is 0 Å². The number of benzene rings is 2. The van der Waals surface area contributed by atoms with Crippen molar-refractivity contribution >= 4 is 23.0 Å². The van der Waals surface area contributed by atoms with E-state index < -0.39 is 6.03 Å². The Bertz CT molecular complexity index is 1240. The van der Waals surface area contributed by atoms with E-state index in [1.54, 1.807) is 23.9 Å². The molecule has 2 aromatic carbocycles. The molecule has 4 rings (SSSR count). The van der Waals surface area contributed by atoms with Gasteiger partial charge in [0.05, 0.1) is 12.4 Å². The fourth-order valence-corrected chi connectivity index (χ4v) is 3.52. The maximum absolute atomic E-state index is 13.6. The first-order valence-corrected chi connectivity index (χ1v) is 9.46. The molecular formula is C22H21FN6O. The normalized spacial score (nSPS) is 12.1. The predicted octanol–water partition coefficient (Wildman–Crippen LogP) is 4.12. The van der Waals surface area contributed by atoms with E-state index in [9.17, 15) is 9.18 Å². The van der Waals surface area contributed by atoms with Crippen LogP contribution in [0.4, 0.5) is 15.0 Å². The Hall–Kier alpha value is -3.81. The lowest BCUT2D eigenvalue weighted by Crippen LogP contribution is -2.38. The number of amides is 2. The number of fused-ring (bicyclic) bond motifs is 1. The van der Waals surface area contributed by atoms with Gasteiger partial charge < -0.3 is 10.3 Å². The summed E-state index contributed by atoms with van der Waals surface area (Å²) in [5, 5.41) is 0. The fourth-order valence-electron chi connectivity index (χ4n) is 3.52. The number of aromatic nitrogens is 4. The summed E-state index contributed by atoms with van der Waals surface area (Å²) in [7, 11) is 1.81. The monoisotopic (exact) mass is 404 g/mol. The minimum atomic E-state index is -0.654. The predicted molar refractivity (Wildman–Crippen MR) is 113 cm³/mol. The molecule has 0 bridgehead atoms. The van der Waals surface area contributed by atoms with Crippen LogP contribution in [0.1, 0.15) is 24.1 Å². The molecule has 2 heterocycles. The van der Waals surface area contributed by atoms with Gasteiger partial charge in [0.1, 0.15) is 5.82 Å². The van der Waals surface area contributed by atoms with Gasteiger partial charge in [-0.15, -0.1) is 0 Å². The van der Waals surface area contributed by atoms with E-state index in [2.05, 4.69) is 15.0 Å². The topological polar surface area (TPSA) is 89.9 Å². The quantitative estimate of drug-likeness (QED) is 0.554. The maximum atomic E-state index is 13.6. The highest BCUT2D eigenvalue weighted by Crippen LogP contribution is 2.32. The molecule has 8 heteroatoms. The number of nitrogens with zero attached hydrogens (tertiary/aromatic N) is 5. The summed E-state index contributed by atoms with van der Waals surface area (Å²) >= 11 is 0. The highest BCUT2D eigenvalue weighted by atomic mass is 19.1. The molecule has 0 saturated heterocycles. The molecule has 1 atom stereocenters. The smallest absolute Gasteiger partial charge is 0.321 e. The molecule has 2 amide bonds. The van der Waals surface area contributed by atoms with E-state index in [4.69, 9.17) is 5.73 Å². The van der Waals surface area contributed by atoms with Gasteiger partial charge in [-0.2, -0.15) is 0 Å². The zero-order chi connectivity index (χ0) is 21.4. The number of carbonyl (C=O) groups excluding carboxylic acids is 1. The van der Waals surface area contributed by atoms with Crippen LogP contribution in [0.25, 0.3) is 22.6 Å². The van der Waals surface area contributed by atoms with Gasteiger partial charge in [-0.05, 0) is 43.2 Å². The van der Waals surface area contributed by atoms with E-state index in [-0.39, 0.29) is 11.9 Å². The lowest BCUT2D eigenvalue weighted by molar-refractivity contribution is 0.252. The van der Waals surface area contributed by atoms with Crippen LogP contribution in [0.5, 0.6) is 0 Å². The van der Waals surface area contributed by atoms with Crippen molar-refractivity contribution in [1.82, 2.24) is 19.5 Å². The molecule has 0 aliphatic heterocycles. The van der Waals surface area contributed by atoms with Crippen LogP contribution in [-0.4, -0.2) is 25.6 Å². The van der Waals surface area contributed by atoms with Gasteiger partial charge in [0, 0.05) is 12.6 Å². The molecule has 0 saturated carbocycles. The maximum Gasteiger partial charge on any atom is 0.321 e. The largest absolute Gasteiger partial charge is 0.351 e. The number of urea groups is 1. The van der Waals surface area contributed by atoms with Crippen LogP contribution in [0.3, 0.4) is 0 Å². The second-order valence-corrected chi connectivity index (χ2v) is 7.15.